The minimum absolute atomic E-state index is 0.0459. The number of hydrogen-bond donors (Lipinski definition) is 2. The highest BCUT2D eigenvalue weighted by Gasteiger charge is 2.46. The molecule has 0 spiro atoms. The zero-order chi connectivity index (χ0) is 26.4. The third-order valence-electron chi connectivity index (χ3n) is 8.34. The number of rotatable bonds is 3. The molecule has 0 fully saturated rings. The fraction of sp³-hybridized carbons (Fsp3) is 0.407. The summed E-state index contributed by atoms with van der Waals surface area (Å²) in [5.41, 5.74) is 2.87. The zero-order valence-corrected chi connectivity index (χ0v) is 21.5. The second-order valence-corrected chi connectivity index (χ2v) is 10.5. The summed E-state index contributed by atoms with van der Waals surface area (Å²) in [6, 6.07) is 2.88. The maximum Gasteiger partial charge on any atom is 0.343 e. The van der Waals surface area contributed by atoms with Gasteiger partial charge in [-0.3, -0.25) is 4.79 Å². The molecule has 8 nitrogen and oxygen atoms in total. The molecule has 2 aliphatic heterocycles. The maximum absolute atomic E-state index is 15.0. The topological polar surface area (TPSA) is 105 Å². The highest BCUT2D eigenvalue weighted by Crippen LogP contribution is 2.47. The van der Waals surface area contributed by atoms with Crippen LogP contribution >= 0.6 is 12.2 Å². The van der Waals surface area contributed by atoms with E-state index in [-0.39, 0.29) is 54.7 Å². The van der Waals surface area contributed by atoms with Crippen molar-refractivity contribution in [2.24, 2.45) is 0 Å². The van der Waals surface area contributed by atoms with Gasteiger partial charge in [0.05, 0.1) is 41.7 Å². The lowest BCUT2D eigenvalue weighted by molar-refractivity contribution is -0.172. The number of fused-ring (bicyclic) bond motifs is 5. The average Bonchev–Trinajstić information content (AvgIpc) is 3.27. The molecule has 0 radical (unpaired) electrons. The Morgan fingerprint density at radius 1 is 1.32 bits per heavy atom. The molecule has 6 rings (SSSR count). The first-order chi connectivity index (χ1) is 17.6. The summed E-state index contributed by atoms with van der Waals surface area (Å²) in [5.74, 6) is -1.13. The maximum atomic E-state index is 15.0. The fourth-order valence-electron chi connectivity index (χ4n) is 6.20. The van der Waals surface area contributed by atoms with Crippen LogP contribution in [0.15, 0.2) is 16.9 Å². The minimum atomic E-state index is -1.93. The summed E-state index contributed by atoms with van der Waals surface area (Å²) < 4.78 is 21.7. The number of aromatic nitrogens is 2. The minimum Gasteiger partial charge on any atom is -0.458 e. The summed E-state index contributed by atoms with van der Waals surface area (Å²) in [6.45, 7) is 3.17. The van der Waals surface area contributed by atoms with Gasteiger partial charge in [-0.15, -0.1) is 0 Å². The molecule has 37 heavy (non-hydrogen) atoms. The third-order valence-corrected chi connectivity index (χ3v) is 8.76. The molecule has 0 unspecified atom stereocenters. The van der Waals surface area contributed by atoms with Crippen molar-refractivity contribution in [3.8, 4) is 11.4 Å². The Bertz CT molecular complexity index is 1620. The standard InChI is InChI=1S/C27H26FN3O5S/c1-4-27(35)16-7-20-24-14(9-31(20)25(33)15(16)11-36-26(27)34)23-19(30(3)21(37)10-32)6-5-13-12(2)17(28)8-18(29-24)22(13)23/h7-8,19,32,35H,4-6,9-11H2,1-3H3/t19-,27-/m0/s1. The number of carbonyl (C=O) groups is 1. The number of aliphatic hydroxyl groups excluding tert-OH is 1. The van der Waals surface area contributed by atoms with E-state index in [1.54, 1.807) is 24.5 Å². The predicted octanol–water partition coefficient (Wildman–Crippen LogP) is 2.77. The van der Waals surface area contributed by atoms with E-state index in [0.717, 1.165) is 22.1 Å². The monoisotopic (exact) mass is 523 g/mol. The first-order valence-corrected chi connectivity index (χ1v) is 12.7. The highest BCUT2D eigenvalue weighted by molar-refractivity contribution is 7.80. The van der Waals surface area contributed by atoms with Crippen molar-refractivity contribution < 1.29 is 24.1 Å². The lowest BCUT2D eigenvalue weighted by atomic mass is 9.81. The van der Waals surface area contributed by atoms with Crippen molar-refractivity contribution in [1.82, 2.24) is 14.5 Å². The Hall–Kier alpha value is -3.21. The van der Waals surface area contributed by atoms with E-state index < -0.39 is 11.6 Å². The van der Waals surface area contributed by atoms with Gasteiger partial charge in [0.15, 0.2) is 5.60 Å². The van der Waals surface area contributed by atoms with Crippen molar-refractivity contribution in [3.63, 3.8) is 0 Å². The Kier molecular flexibility index (Phi) is 5.31. The van der Waals surface area contributed by atoms with Gasteiger partial charge in [0.25, 0.3) is 5.56 Å². The van der Waals surface area contributed by atoms with Crippen molar-refractivity contribution >= 4 is 34.1 Å². The van der Waals surface area contributed by atoms with Gasteiger partial charge in [-0.25, -0.2) is 14.2 Å². The number of likely N-dealkylation sites (N-methyl/N-ethyl adjacent to an activating group) is 1. The highest BCUT2D eigenvalue weighted by atomic mass is 32.1. The molecule has 192 valence electrons. The van der Waals surface area contributed by atoms with Gasteiger partial charge in [-0.1, -0.05) is 19.1 Å². The Morgan fingerprint density at radius 2 is 2.08 bits per heavy atom. The average molecular weight is 524 g/mol. The molecular formula is C27H26FN3O5S. The number of hydrogen-bond acceptors (Lipinski definition) is 7. The Labute approximate surface area is 217 Å². The van der Waals surface area contributed by atoms with E-state index in [9.17, 15) is 24.2 Å². The first kappa shape index (κ1) is 24.1. The van der Waals surface area contributed by atoms with E-state index >= 15 is 0 Å². The van der Waals surface area contributed by atoms with Crippen molar-refractivity contribution in [2.45, 2.75) is 57.9 Å². The summed E-state index contributed by atoms with van der Waals surface area (Å²) in [7, 11) is 1.83. The molecule has 2 atom stereocenters. The van der Waals surface area contributed by atoms with Gasteiger partial charge in [-0.05, 0) is 48.9 Å². The second-order valence-electron chi connectivity index (χ2n) is 10.0. The number of benzene rings is 1. The molecule has 2 aromatic heterocycles. The molecular weight excluding hydrogens is 497 g/mol. The van der Waals surface area contributed by atoms with Gasteiger partial charge >= 0.3 is 5.97 Å². The number of pyridine rings is 2. The number of carbonyl (C=O) groups excluding carboxylic acids is 1. The van der Waals surface area contributed by atoms with Crippen LogP contribution in [0.1, 0.15) is 59.2 Å². The molecule has 3 aliphatic rings. The van der Waals surface area contributed by atoms with Crippen LogP contribution in [-0.4, -0.2) is 49.3 Å². The van der Waals surface area contributed by atoms with Gasteiger partial charge < -0.3 is 24.4 Å². The van der Waals surface area contributed by atoms with E-state index in [4.69, 9.17) is 21.9 Å². The number of ether oxygens (including phenoxy) is 1. The smallest absolute Gasteiger partial charge is 0.343 e. The number of aryl methyl sites for hydroxylation is 1. The number of thiocarbonyl (C=S) groups is 1. The molecule has 0 saturated heterocycles. The van der Waals surface area contributed by atoms with E-state index in [0.29, 0.717) is 40.3 Å². The van der Waals surface area contributed by atoms with Gasteiger partial charge in [0, 0.05) is 29.6 Å². The number of cyclic esters (lactones) is 1. The normalized spacial score (nSPS) is 21.4. The van der Waals surface area contributed by atoms with Gasteiger partial charge in [0.2, 0.25) is 0 Å². The van der Waals surface area contributed by atoms with E-state index in [1.165, 1.54) is 6.07 Å². The Balaban J connectivity index is 1.68. The second kappa shape index (κ2) is 8.14. The van der Waals surface area contributed by atoms with Crippen LogP contribution in [0.3, 0.4) is 0 Å². The SMILES string of the molecule is CC[C@@]1(O)C(=O)OCc2c1cc1n(c2=O)Cc2c-1nc1cc(F)c(C)c3c1c2[C@@H](N(C)C(=S)CO)CC3. The lowest BCUT2D eigenvalue weighted by Gasteiger charge is -2.36. The number of esters is 1. The summed E-state index contributed by atoms with van der Waals surface area (Å²) in [5, 5.41) is 21.8. The molecule has 4 heterocycles. The molecule has 10 heteroatoms. The largest absolute Gasteiger partial charge is 0.458 e. The van der Waals surface area contributed by atoms with E-state index in [1.807, 2.05) is 11.9 Å². The van der Waals surface area contributed by atoms with Crippen LogP contribution < -0.4 is 5.56 Å². The zero-order valence-electron chi connectivity index (χ0n) is 20.7. The van der Waals surface area contributed by atoms with Gasteiger partial charge in [-0.2, -0.15) is 0 Å². The van der Waals surface area contributed by atoms with Crippen LogP contribution in [0.2, 0.25) is 0 Å². The quantitative estimate of drug-likeness (QED) is 0.312. The van der Waals surface area contributed by atoms with Crippen LogP contribution in [0.4, 0.5) is 4.39 Å². The lowest BCUT2D eigenvalue weighted by Crippen LogP contribution is -2.44. The van der Waals surface area contributed by atoms with Crippen LogP contribution in [0.5, 0.6) is 0 Å². The van der Waals surface area contributed by atoms with Crippen LogP contribution in [0.25, 0.3) is 22.3 Å². The van der Waals surface area contributed by atoms with Crippen molar-refractivity contribution in [3.05, 3.63) is 61.7 Å². The van der Waals surface area contributed by atoms with Crippen LogP contribution in [-0.2, 0) is 34.7 Å². The summed E-state index contributed by atoms with van der Waals surface area (Å²) in [6.07, 6.45) is 1.32. The summed E-state index contributed by atoms with van der Waals surface area (Å²) >= 11 is 5.42. The van der Waals surface area contributed by atoms with E-state index in [2.05, 4.69) is 0 Å². The molecule has 3 aromatic rings. The fourth-order valence-corrected chi connectivity index (χ4v) is 6.33. The first-order valence-electron chi connectivity index (χ1n) is 12.3. The van der Waals surface area contributed by atoms with Crippen molar-refractivity contribution in [2.75, 3.05) is 13.7 Å². The molecule has 1 aliphatic carbocycles. The summed E-state index contributed by atoms with van der Waals surface area (Å²) in [4.78, 5) is 33.2. The number of halogens is 1. The molecule has 0 amide bonds. The van der Waals surface area contributed by atoms with Crippen LogP contribution in [0, 0.1) is 12.7 Å². The molecule has 0 bridgehead atoms. The van der Waals surface area contributed by atoms with Crippen molar-refractivity contribution in [1.29, 1.82) is 0 Å². The van der Waals surface area contributed by atoms with Gasteiger partial charge in [0.1, 0.15) is 17.4 Å². The molecule has 1 aromatic carbocycles. The number of nitrogens with zero attached hydrogens (tertiary/aromatic N) is 3. The molecule has 2 N–H and O–H groups in total. The molecule has 0 saturated carbocycles. The Morgan fingerprint density at radius 3 is 2.78 bits per heavy atom. The predicted molar refractivity (Wildman–Crippen MR) is 138 cm³/mol. The number of aliphatic hydroxyl groups is 2. The third kappa shape index (κ3) is 3.12.